The maximum atomic E-state index is 12.9. The number of anilines is 1. The van der Waals surface area contributed by atoms with E-state index in [9.17, 15) is 21.6 Å². The maximum Gasteiger partial charge on any atom is 0.287 e. The van der Waals surface area contributed by atoms with Crippen molar-refractivity contribution in [3.05, 3.63) is 50.3 Å². The minimum Gasteiger partial charge on any atom is -0.381 e. The lowest BCUT2D eigenvalue weighted by molar-refractivity contribution is 0.140. The second kappa shape index (κ2) is 10.2. The molecule has 0 amide bonds. The van der Waals surface area contributed by atoms with E-state index in [0.29, 0.717) is 12.8 Å². The van der Waals surface area contributed by atoms with Gasteiger partial charge in [-0.15, -0.1) is 0 Å². The van der Waals surface area contributed by atoms with Crippen LogP contribution in [-0.4, -0.2) is 74.8 Å². The summed E-state index contributed by atoms with van der Waals surface area (Å²) in [5.41, 5.74) is -0.262. The molecule has 186 valence electrons. The molecule has 3 heterocycles. The molecule has 2 fully saturated rings. The number of sulfone groups is 1. The quantitative estimate of drug-likeness (QED) is 0.537. The van der Waals surface area contributed by atoms with E-state index in [2.05, 4.69) is 26.3 Å². The molecule has 0 radical (unpaired) electrons. The fraction of sp³-hybridized carbons (Fsp3) is 0.500. The zero-order valence-corrected chi connectivity index (χ0v) is 22.0. The number of rotatable bonds is 6. The topological polar surface area (TPSA) is 128 Å². The van der Waals surface area contributed by atoms with Crippen molar-refractivity contribution >= 4 is 53.1 Å². The number of aromatic nitrogens is 2. The van der Waals surface area contributed by atoms with Gasteiger partial charge in [0.2, 0.25) is 10.0 Å². The summed E-state index contributed by atoms with van der Waals surface area (Å²) in [5.74, 6) is -0.0385. The van der Waals surface area contributed by atoms with E-state index in [1.807, 2.05) is 0 Å². The Balaban J connectivity index is 1.42. The number of nitrogens with one attached hydrogen (secondary N) is 1. The van der Waals surface area contributed by atoms with Gasteiger partial charge in [0.25, 0.3) is 5.56 Å². The van der Waals surface area contributed by atoms with Crippen LogP contribution in [0.1, 0.15) is 18.9 Å². The molecule has 1 N–H and O–H groups in total. The van der Waals surface area contributed by atoms with Gasteiger partial charge in [0, 0.05) is 24.1 Å². The first-order valence-electron chi connectivity index (χ1n) is 10.7. The highest BCUT2D eigenvalue weighted by molar-refractivity contribution is 9.10. The molecule has 34 heavy (non-hydrogen) atoms. The van der Waals surface area contributed by atoms with E-state index >= 15 is 0 Å². The maximum absolute atomic E-state index is 12.9. The third kappa shape index (κ3) is 5.34. The molecule has 1 atom stereocenters. The van der Waals surface area contributed by atoms with Crippen molar-refractivity contribution in [2.75, 3.05) is 43.9 Å². The third-order valence-corrected chi connectivity index (χ3v) is 10.9. The Morgan fingerprint density at radius 2 is 1.88 bits per heavy atom. The lowest BCUT2D eigenvalue weighted by Crippen LogP contribution is -2.42. The van der Waals surface area contributed by atoms with Crippen LogP contribution in [0.25, 0.3) is 0 Å². The fourth-order valence-corrected chi connectivity index (χ4v) is 7.24. The number of ether oxygens (including phenoxy) is 1. The first-order valence-corrected chi connectivity index (χ1v) is 15.0. The first kappa shape index (κ1) is 25.6. The summed E-state index contributed by atoms with van der Waals surface area (Å²) in [5, 5.41) is 6.31. The van der Waals surface area contributed by atoms with Crippen molar-refractivity contribution in [2.24, 2.45) is 0 Å². The molecule has 10 nitrogen and oxygen atoms in total. The van der Waals surface area contributed by atoms with Crippen LogP contribution in [0.5, 0.6) is 0 Å². The van der Waals surface area contributed by atoms with E-state index in [-0.39, 0.29) is 60.2 Å². The lowest BCUT2D eigenvalue weighted by atomic mass is 10.1. The SMILES string of the molecule is O=c1c(Cl)c(NCC2COCCS2(=O)=O)cnn1C1CCN(S(=O)(=O)c2ccc(Br)cc2)CC1. The molecule has 2 aliphatic heterocycles. The Hall–Kier alpha value is -1.51. The monoisotopic (exact) mass is 594 g/mol. The summed E-state index contributed by atoms with van der Waals surface area (Å²) in [6.07, 6.45) is 2.21. The molecule has 4 rings (SSSR count). The first-order chi connectivity index (χ1) is 16.1. The molecule has 0 spiro atoms. The molecular weight excluding hydrogens is 572 g/mol. The van der Waals surface area contributed by atoms with E-state index in [1.54, 1.807) is 24.3 Å². The number of hydrogen-bond acceptors (Lipinski definition) is 8. The van der Waals surface area contributed by atoms with E-state index in [0.717, 1.165) is 4.47 Å². The second-order valence-electron chi connectivity index (χ2n) is 8.16. The minimum atomic E-state index is -3.63. The van der Waals surface area contributed by atoms with Crippen molar-refractivity contribution < 1.29 is 21.6 Å². The van der Waals surface area contributed by atoms with Crippen LogP contribution in [0.15, 0.2) is 44.6 Å². The Kier molecular flexibility index (Phi) is 7.70. The van der Waals surface area contributed by atoms with Crippen LogP contribution >= 0.6 is 27.5 Å². The van der Waals surface area contributed by atoms with E-state index in [4.69, 9.17) is 16.3 Å². The molecule has 0 saturated carbocycles. The summed E-state index contributed by atoms with van der Waals surface area (Å²) in [7, 11) is -6.90. The van der Waals surface area contributed by atoms with Crippen LogP contribution in [0.3, 0.4) is 0 Å². The second-order valence-corrected chi connectivity index (χ2v) is 13.8. The molecule has 2 aromatic rings. The van der Waals surface area contributed by atoms with Gasteiger partial charge in [0.1, 0.15) is 10.3 Å². The number of piperidine rings is 1. The standard InChI is InChI=1S/C20H24BrClN4O6S2/c21-14-1-3-16(4-2-14)34(30,31)25-7-5-15(6-8-25)26-20(27)19(22)18(12-24-26)23-11-17-13-32-9-10-33(17,28)29/h1-4,12,15,17,23H,5-11,13H2. The van der Waals surface area contributed by atoms with Crippen LogP contribution in [0.2, 0.25) is 5.02 Å². The van der Waals surface area contributed by atoms with Crippen molar-refractivity contribution in [1.29, 1.82) is 0 Å². The van der Waals surface area contributed by atoms with Crippen molar-refractivity contribution in [1.82, 2.24) is 14.1 Å². The zero-order chi connectivity index (χ0) is 24.5. The van der Waals surface area contributed by atoms with E-state index in [1.165, 1.54) is 15.2 Å². The van der Waals surface area contributed by atoms with Gasteiger partial charge in [-0.25, -0.2) is 21.5 Å². The highest BCUT2D eigenvalue weighted by Crippen LogP contribution is 2.27. The number of halogens is 2. The van der Waals surface area contributed by atoms with Gasteiger partial charge in [-0.1, -0.05) is 27.5 Å². The summed E-state index contributed by atoms with van der Waals surface area (Å²) < 4.78 is 58.8. The zero-order valence-electron chi connectivity index (χ0n) is 18.1. The van der Waals surface area contributed by atoms with Crippen molar-refractivity contribution in [3.8, 4) is 0 Å². The Morgan fingerprint density at radius 3 is 2.53 bits per heavy atom. The van der Waals surface area contributed by atoms with Crippen LogP contribution in [-0.2, 0) is 24.6 Å². The summed E-state index contributed by atoms with van der Waals surface area (Å²) in [6.45, 7) is 0.807. The molecule has 2 aliphatic rings. The molecule has 1 aromatic carbocycles. The molecule has 0 aliphatic carbocycles. The van der Waals surface area contributed by atoms with Crippen molar-refractivity contribution in [2.45, 2.75) is 29.0 Å². The van der Waals surface area contributed by atoms with E-state index < -0.39 is 30.7 Å². The average molecular weight is 596 g/mol. The summed E-state index contributed by atoms with van der Waals surface area (Å²) in [4.78, 5) is 13.1. The Bertz CT molecular complexity index is 1310. The van der Waals surface area contributed by atoms with Gasteiger partial charge < -0.3 is 10.1 Å². The Morgan fingerprint density at radius 1 is 1.21 bits per heavy atom. The predicted molar refractivity (Wildman–Crippen MR) is 132 cm³/mol. The summed E-state index contributed by atoms with van der Waals surface area (Å²) >= 11 is 9.57. The summed E-state index contributed by atoms with van der Waals surface area (Å²) in [6, 6.07) is 6.15. The molecular formula is C20H24BrClN4O6S2. The highest BCUT2D eigenvalue weighted by Gasteiger charge is 2.32. The van der Waals surface area contributed by atoms with Crippen molar-refractivity contribution in [3.63, 3.8) is 0 Å². The molecule has 2 saturated heterocycles. The average Bonchev–Trinajstić information content (AvgIpc) is 2.81. The number of nitrogens with zero attached hydrogens (tertiary/aromatic N) is 3. The highest BCUT2D eigenvalue weighted by atomic mass is 79.9. The minimum absolute atomic E-state index is 0.0385. The van der Waals surface area contributed by atoms with Crippen LogP contribution in [0.4, 0.5) is 5.69 Å². The Labute approximate surface area is 211 Å². The third-order valence-electron chi connectivity index (χ3n) is 6.01. The number of sulfonamides is 1. The van der Waals surface area contributed by atoms with Crippen LogP contribution in [0, 0.1) is 0 Å². The largest absolute Gasteiger partial charge is 0.381 e. The normalized spacial score (nSPS) is 21.9. The molecule has 1 unspecified atom stereocenters. The van der Waals surface area contributed by atoms with Gasteiger partial charge in [-0.2, -0.15) is 9.40 Å². The van der Waals surface area contributed by atoms with Gasteiger partial charge in [0.15, 0.2) is 9.84 Å². The van der Waals surface area contributed by atoms with Crippen LogP contribution < -0.4 is 10.9 Å². The van der Waals surface area contributed by atoms with Gasteiger partial charge in [-0.3, -0.25) is 4.79 Å². The van der Waals surface area contributed by atoms with Gasteiger partial charge in [0.05, 0.1) is 41.8 Å². The molecule has 14 heteroatoms. The number of hydrogen-bond donors (Lipinski definition) is 1. The van der Waals surface area contributed by atoms with Gasteiger partial charge in [-0.05, 0) is 37.1 Å². The molecule has 0 bridgehead atoms. The van der Waals surface area contributed by atoms with Gasteiger partial charge >= 0.3 is 0 Å². The number of benzene rings is 1. The molecule has 1 aromatic heterocycles. The smallest absolute Gasteiger partial charge is 0.287 e. The fourth-order valence-electron chi connectivity index (χ4n) is 3.98. The lowest BCUT2D eigenvalue weighted by Gasteiger charge is -2.31. The predicted octanol–water partition coefficient (Wildman–Crippen LogP) is 1.91.